The number of ether oxygens (including phenoxy) is 3. The highest BCUT2D eigenvalue weighted by Gasteiger charge is 2.35. The Labute approximate surface area is 109 Å². The molecule has 1 rings (SSSR count). The average molecular weight is 260 g/mol. The van der Waals surface area contributed by atoms with E-state index in [1.807, 2.05) is 20.8 Å². The summed E-state index contributed by atoms with van der Waals surface area (Å²) in [6, 6.07) is -0.177. The van der Waals surface area contributed by atoms with E-state index < -0.39 is 11.9 Å². The van der Waals surface area contributed by atoms with Gasteiger partial charge >= 0.3 is 6.09 Å². The van der Waals surface area contributed by atoms with Gasteiger partial charge in [0.2, 0.25) is 0 Å². The highest BCUT2D eigenvalue weighted by molar-refractivity contribution is 5.68. The summed E-state index contributed by atoms with van der Waals surface area (Å²) in [6.07, 6.45) is -0.779. The summed E-state index contributed by atoms with van der Waals surface area (Å²) in [7, 11) is 3.13. The predicted octanol–water partition coefficient (Wildman–Crippen LogP) is 0.814. The number of piperazine rings is 1. The molecule has 1 heterocycles. The van der Waals surface area contributed by atoms with Crippen molar-refractivity contribution in [1.82, 2.24) is 10.2 Å². The molecule has 1 atom stereocenters. The molecular formula is C12H24N2O4. The van der Waals surface area contributed by atoms with Crippen LogP contribution in [0.4, 0.5) is 4.79 Å². The van der Waals surface area contributed by atoms with Crippen molar-refractivity contribution in [2.24, 2.45) is 0 Å². The van der Waals surface area contributed by atoms with Gasteiger partial charge in [0.05, 0.1) is 6.04 Å². The van der Waals surface area contributed by atoms with Crippen molar-refractivity contribution in [1.29, 1.82) is 0 Å². The molecule has 0 aromatic rings. The molecule has 0 aliphatic carbocycles. The number of nitrogens with zero attached hydrogens (tertiary/aromatic N) is 1. The Balaban J connectivity index is 2.72. The summed E-state index contributed by atoms with van der Waals surface area (Å²) in [5, 5.41) is 3.22. The molecule has 0 bridgehead atoms. The summed E-state index contributed by atoms with van der Waals surface area (Å²) in [5.74, 6) is 0. The van der Waals surface area contributed by atoms with Gasteiger partial charge in [-0.3, -0.25) is 4.90 Å². The maximum atomic E-state index is 12.1. The minimum atomic E-state index is -0.498. The fourth-order valence-corrected chi connectivity index (χ4v) is 1.93. The monoisotopic (exact) mass is 260 g/mol. The van der Waals surface area contributed by atoms with Gasteiger partial charge < -0.3 is 19.5 Å². The van der Waals surface area contributed by atoms with Crippen LogP contribution in [0, 0.1) is 0 Å². The lowest BCUT2D eigenvalue weighted by Gasteiger charge is -2.39. The Morgan fingerprint density at radius 2 is 1.94 bits per heavy atom. The van der Waals surface area contributed by atoms with Crippen LogP contribution in [0.2, 0.25) is 0 Å². The number of amides is 1. The topological polar surface area (TPSA) is 60.0 Å². The Bertz CT molecular complexity index is 274. The molecule has 0 saturated carbocycles. The molecule has 0 aromatic carbocycles. The van der Waals surface area contributed by atoms with Crippen LogP contribution >= 0.6 is 0 Å². The molecule has 1 saturated heterocycles. The summed E-state index contributed by atoms with van der Waals surface area (Å²) in [5.41, 5.74) is -0.498. The lowest BCUT2D eigenvalue weighted by atomic mass is 10.2. The number of nitrogens with one attached hydrogen (secondary N) is 1. The van der Waals surface area contributed by atoms with Gasteiger partial charge in [-0.1, -0.05) is 0 Å². The van der Waals surface area contributed by atoms with Crippen LogP contribution in [0.3, 0.4) is 0 Å². The van der Waals surface area contributed by atoms with Crippen molar-refractivity contribution in [3.63, 3.8) is 0 Å². The van der Waals surface area contributed by atoms with E-state index in [0.717, 1.165) is 6.54 Å². The van der Waals surface area contributed by atoms with Crippen LogP contribution in [-0.2, 0) is 14.2 Å². The Kier molecular flexibility index (Phi) is 5.37. The first-order valence-electron chi connectivity index (χ1n) is 6.15. The lowest BCUT2D eigenvalue weighted by Crippen LogP contribution is -2.59. The zero-order valence-electron chi connectivity index (χ0n) is 11.9. The van der Waals surface area contributed by atoms with E-state index >= 15 is 0 Å². The molecule has 0 aromatic heterocycles. The van der Waals surface area contributed by atoms with Gasteiger partial charge in [-0.25, -0.2) is 4.79 Å². The molecule has 1 fully saturated rings. The van der Waals surface area contributed by atoms with Gasteiger partial charge in [0, 0.05) is 33.9 Å². The number of carbonyl (C=O) groups is 1. The third-order valence-corrected chi connectivity index (χ3v) is 2.69. The lowest BCUT2D eigenvalue weighted by molar-refractivity contribution is -0.148. The summed E-state index contributed by atoms with van der Waals surface area (Å²) in [4.78, 5) is 13.8. The van der Waals surface area contributed by atoms with Crippen molar-refractivity contribution in [3.05, 3.63) is 0 Å². The standard InChI is InChI=1S/C12H24N2O4/c1-12(2,3)18-11(15)14-7-6-13-8-9(14)10(16-4)17-5/h9-10,13H,6-8H2,1-5H3. The number of rotatable bonds is 3. The second-order valence-electron chi connectivity index (χ2n) is 5.29. The average Bonchev–Trinajstić information content (AvgIpc) is 2.29. The summed E-state index contributed by atoms with van der Waals surface area (Å²) >= 11 is 0. The molecule has 6 heteroatoms. The van der Waals surface area contributed by atoms with E-state index in [-0.39, 0.29) is 12.1 Å². The third-order valence-electron chi connectivity index (χ3n) is 2.69. The molecule has 0 spiro atoms. The number of methoxy groups -OCH3 is 2. The van der Waals surface area contributed by atoms with Crippen LogP contribution in [-0.4, -0.2) is 62.8 Å². The van der Waals surface area contributed by atoms with Gasteiger partial charge in [-0.15, -0.1) is 0 Å². The normalized spacial score (nSPS) is 21.2. The van der Waals surface area contributed by atoms with E-state index in [1.165, 1.54) is 0 Å². The van der Waals surface area contributed by atoms with Crippen LogP contribution in [0.5, 0.6) is 0 Å². The van der Waals surface area contributed by atoms with Crippen molar-refractivity contribution in [2.75, 3.05) is 33.9 Å². The molecule has 1 amide bonds. The Hall–Kier alpha value is -0.850. The first-order valence-corrected chi connectivity index (χ1v) is 6.15. The Morgan fingerprint density at radius 1 is 1.33 bits per heavy atom. The van der Waals surface area contributed by atoms with E-state index in [4.69, 9.17) is 14.2 Å². The second-order valence-corrected chi connectivity index (χ2v) is 5.29. The quantitative estimate of drug-likeness (QED) is 0.761. The van der Waals surface area contributed by atoms with Crippen molar-refractivity contribution in [3.8, 4) is 0 Å². The third kappa shape index (κ3) is 4.12. The highest BCUT2D eigenvalue weighted by atomic mass is 16.7. The molecule has 1 unspecified atom stereocenters. The zero-order chi connectivity index (χ0) is 13.8. The fraction of sp³-hybridized carbons (Fsp3) is 0.917. The van der Waals surface area contributed by atoms with Gasteiger partial charge in [-0.2, -0.15) is 0 Å². The first kappa shape index (κ1) is 15.2. The van der Waals surface area contributed by atoms with Crippen molar-refractivity contribution in [2.45, 2.75) is 38.7 Å². The Morgan fingerprint density at radius 3 is 2.44 bits per heavy atom. The largest absolute Gasteiger partial charge is 0.444 e. The smallest absolute Gasteiger partial charge is 0.410 e. The van der Waals surface area contributed by atoms with Crippen LogP contribution in [0.15, 0.2) is 0 Å². The molecule has 106 valence electrons. The predicted molar refractivity (Wildman–Crippen MR) is 67.4 cm³/mol. The highest BCUT2D eigenvalue weighted by Crippen LogP contribution is 2.16. The van der Waals surface area contributed by atoms with E-state index in [9.17, 15) is 4.79 Å². The fourth-order valence-electron chi connectivity index (χ4n) is 1.93. The van der Waals surface area contributed by atoms with E-state index in [0.29, 0.717) is 13.1 Å². The number of carbonyl (C=O) groups excluding carboxylic acids is 1. The van der Waals surface area contributed by atoms with Gasteiger partial charge in [0.15, 0.2) is 6.29 Å². The first-order chi connectivity index (χ1) is 8.39. The molecule has 6 nitrogen and oxygen atoms in total. The summed E-state index contributed by atoms with van der Waals surface area (Å²) < 4.78 is 15.9. The minimum absolute atomic E-state index is 0.177. The number of hydrogen-bond donors (Lipinski definition) is 1. The number of hydrogen-bond acceptors (Lipinski definition) is 5. The van der Waals surface area contributed by atoms with Crippen molar-refractivity contribution >= 4 is 6.09 Å². The maximum absolute atomic E-state index is 12.1. The SMILES string of the molecule is COC(OC)C1CNCCN1C(=O)OC(C)(C)C. The van der Waals surface area contributed by atoms with Crippen molar-refractivity contribution < 1.29 is 19.0 Å². The minimum Gasteiger partial charge on any atom is -0.444 e. The van der Waals surface area contributed by atoms with Crippen LogP contribution in [0.25, 0.3) is 0 Å². The van der Waals surface area contributed by atoms with Gasteiger partial charge in [0.25, 0.3) is 0 Å². The molecule has 0 radical (unpaired) electrons. The van der Waals surface area contributed by atoms with Crippen LogP contribution < -0.4 is 5.32 Å². The van der Waals surface area contributed by atoms with Gasteiger partial charge in [0.1, 0.15) is 5.60 Å². The molecule has 1 aliphatic rings. The zero-order valence-corrected chi connectivity index (χ0v) is 11.9. The molecular weight excluding hydrogens is 236 g/mol. The molecule has 1 N–H and O–H groups in total. The maximum Gasteiger partial charge on any atom is 0.410 e. The molecule has 1 aliphatic heterocycles. The van der Waals surface area contributed by atoms with Crippen LogP contribution in [0.1, 0.15) is 20.8 Å². The second kappa shape index (κ2) is 6.36. The summed E-state index contributed by atoms with van der Waals surface area (Å²) in [6.45, 7) is 7.52. The van der Waals surface area contributed by atoms with E-state index in [2.05, 4.69) is 5.32 Å². The molecule has 18 heavy (non-hydrogen) atoms. The van der Waals surface area contributed by atoms with E-state index in [1.54, 1.807) is 19.1 Å². The van der Waals surface area contributed by atoms with Gasteiger partial charge in [-0.05, 0) is 20.8 Å².